The summed E-state index contributed by atoms with van der Waals surface area (Å²) < 4.78 is 26.7. The molecule has 2 atom stereocenters. The average Bonchev–Trinajstić information content (AvgIpc) is 2.69. The van der Waals surface area contributed by atoms with Crippen molar-refractivity contribution in [2.24, 2.45) is 4.99 Å². The van der Waals surface area contributed by atoms with Crippen molar-refractivity contribution < 1.29 is 8.42 Å². The van der Waals surface area contributed by atoms with E-state index in [0.29, 0.717) is 6.54 Å². The predicted octanol–water partition coefficient (Wildman–Crippen LogP) is 1.48. The van der Waals surface area contributed by atoms with Gasteiger partial charge in [-0.15, -0.1) is 0 Å². The molecule has 108 valence electrons. The molecule has 2 aliphatic rings. The van der Waals surface area contributed by atoms with E-state index in [1.54, 1.807) is 13.8 Å². The molecule has 0 aromatic carbocycles. The highest BCUT2D eigenvalue weighted by Gasteiger charge is 2.35. The fourth-order valence-electron chi connectivity index (χ4n) is 2.58. The molecule has 0 aromatic heterocycles. The van der Waals surface area contributed by atoms with Crippen LogP contribution in [0.3, 0.4) is 0 Å². The monoisotopic (exact) mass is 285 g/mol. The first-order chi connectivity index (χ1) is 8.72. The van der Waals surface area contributed by atoms with Crippen LogP contribution in [-0.4, -0.2) is 43.0 Å². The first kappa shape index (κ1) is 14.5. The summed E-state index contributed by atoms with van der Waals surface area (Å²) in [6.07, 6.45) is 0.759. The highest BCUT2D eigenvalue weighted by Crippen LogP contribution is 2.31. The lowest BCUT2D eigenvalue weighted by Gasteiger charge is -2.28. The van der Waals surface area contributed by atoms with E-state index in [0.717, 1.165) is 12.3 Å². The largest absolute Gasteiger partial charge is 0.332 e. The molecule has 2 rings (SSSR count). The molecule has 0 saturated carbocycles. The number of aliphatic imine (C=N–C) groups is 1. The summed E-state index contributed by atoms with van der Waals surface area (Å²) >= 11 is 0. The summed E-state index contributed by atoms with van der Waals surface area (Å²) in [7, 11) is -3.21. The van der Waals surface area contributed by atoms with Crippen LogP contribution in [0.2, 0.25) is 0 Å². The topological polar surface area (TPSA) is 61.8 Å². The van der Waals surface area contributed by atoms with Crippen molar-refractivity contribution in [2.45, 2.75) is 58.4 Å². The van der Waals surface area contributed by atoms with Crippen molar-refractivity contribution in [3.05, 3.63) is 11.3 Å². The minimum absolute atomic E-state index is 0.0483. The normalized spacial score (nSPS) is 27.9. The Morgan fingerprint density at radius 2 is 2.00 bits per heavy atom. The lowest BCUT2D eigenvalue weighted by molar-refractivity contribution is 0.507. The number of sulfonamides is 1. The Balaban J connectivity index is 2.18. The number of hydrogen-bond donors (Lipinski definition) is 1. The van der Waals surface area contributed by atoms with Crippen LogP contribution in [0.5, 0.6) is 0 Å². The molecule has 0 spiro atoms. The number of rotatable bonds is 3. The Labute approximate surface area is 115 Å². The Bertz CT molecular complexity index is 534. The first-order valence-electron chi connectivity index (χ1n) is 6.75. The molecule has 0 amide bonds. The van der Waals surface area contributed by atoms with Gasteiger partial charge in [-0.05, 0) is 40.2 Å². The molecule has 1 N–H and O–H groups in total. The van der Waals surface area contributed by atoms with Crippen LogP contribution in [0.15, 0.2) is 16.3 Å². The Hall–Kier alpha value is -0.880. The second kappa shape index (κ2) is 4.90. The maximum absolute atomic E-state index is 11.9. The van der Waals surface area contributed by atoms with Crippen molar-refractivity contribution in [3.63, 3.8) is 0 Å². The van der Waals surface area contributed by atoms with Gasteiger partial charge < -0.3 is 4.90 Å². The van der Waals surface area contributed by atoms with E-state index in [1.165, 1.54) is 11.3 Å². The molecule has 1 fully saturated rings. The molecule has 19 heavy (non-hydrogen) atoms. The smallest absolute Gasteiger partial charge is 0.214 e. The molecule has 5 nitrogen and oxygen atoms in total. The molecule has 0 unspecified atom stereocenters. The zero-order valence-electron chi connectivity index (χ0n) is 12.3. The molecule has 1 saturated heterocycles. The summed E-state index contributed by atoms with van der Waals surface area (Å²) in [6.45, 7) is 10.2. The first-order valence-corrected chi connectivity index (χ1v) is 8.29. The van der Waals surface area contributed by atoms with E-state index in [9.17, 15) is 8.42 Å². The Morgan fingerprint density at radius 1 is 1.37 bits per heavy atom. The van der Waals surface area contributed by atoms with Crippen molar-refractivity contribution in [2.75, 3.05) is 6.54 Å². The number of nitrogens with one attached hydrogen (secondary N) is 1. The zero-order chi connectivity index (χ0) is 14.4. The van der Waals surface area contributed by atoms with Crippen LogP contribution in [0.25, 0.3) is 0 Å². The zero-order valence-corrected chi connectivity index (χ0v) is 13.1. The lowest BCUT2D eigenvalue weighted by atomic mass is 10.0. The maximum atomic E-state index is 11.9. The van der Waals surface area contributed by atoms with Gasteiger partial charge in [-0.3, -0.25) is 4.99 Å². The average molecular weight is 285 g/mol. The number of hydrogen-bond acceptors (Lipinski definition) is 4. The van der Waals surface area contributed by atoms with Crippen LogP contribution in [0, 0.1) is 0 Å². The minimum atomic E-state index is -3.21. The molecule has 0 aromatic rings. The quantitative estimate of drug-likeness (QED) is 0.854. The van der Waals surface area contributed by atoms with Gasteiger partial charge in [0.25, 0.3) is 0 Å². The minimum Gasteiger partial charge on any atom is -0.332 e. The third-order valence-electron chi connectivity index (χ3n) is 3.97. The highest BCUT2D eigenvalue weighted by molar-refractivity contribution is 7.90. The van der Waals surface area contributed by atoms with Crippen molar-refractivity contribution in [1.82, 2.24) is 9.62 Å². The van der Waals surface area contributed by atoms with Gasteiger partial charge in [0, 0.05) is 24.7 Å². The fourth-order valence-corrected chi connectivity index (χ4v) is 3.47. The summed E-state index contributed by atoms with van der Waals surface area (Å²) in [5.41, 5.74) is 2.48. The van der Waals surface area contributed by atoms with E-state index in [1.807, 2.05) is 6.92 Å². The van der Waals surface area contributed by atoms with E-state index in [4.69, 9.17) is 0 Å². The van der Waals surface area contributed by atoms with Crippen LogP contribution in [0.4, 0.5) is 0 Å². The molecule has 0 radical (unpaired) electrons. The lowest BCUT2D eigenvalue weighted by Crippen LogP contribution is -2.41. The van der Waals surface area contributed by atoms with Gasteiger partial charge in [0.1, 0.15) is 5.84 Å². The fraction of sp³-hybridized carbons (Fsp3) is 0.769. The summed E-state index contributed by atoms with van der Waals surface area (Å²) in [5, 5.41) is -0.395. The summed E-state index contributed by atoms with van der Waals surface area (Å²) in [6, 6.07) is 0.152. The van der Waals surface area contributed by atoms with Gasteiger partial charge in [0.15, 0.2) is 0 Å². The number of fused-ring (bicyclic) bond motifs is 1. The van der Waals surface area contributed by atoms with Gasteiger partial charge in [-0.2, -0.15) is 0 Å². The summed E-state index contributed by atoms with van der Waals surface area (Å²) in [4.78, 5) is 6.72. The molecular weight excluding hydrogens is 262 g/mol. The van der Waals surface area contributed by atoms with Crippen LogP contribution in [-0.2, 0) is 10.0 Å². The van der Waals surface area contributed by atoms with Gasteiger partial charge in [0.05, 0.1) is 11.3 Å². The number of amidine groups is 1. The second-order valence-corrected chi connectivity index (χ2v) is 7.97. The molecule has 2 aliphatic heterocycles. The van der Waals surface area contributed by atoms with Crippen LogP contribution in [0.1, 0.15) is 41.0 Å². The molecule has 6 heteroatoms. The molecule has 2 heterocycles. The molecule has 0 bridgehead atoms. The van der Waals surface area contributed by atoms with Crippen LogP contribution >= 0.6 is 0 Å². The van der Waals surface area contributed by atoms with Gasteiger partial charge in [-0.25, -0.2) is 13.1 Å². The van der Waals surface area contributed by atoms with Crippen LogP contribution < -0.4 is 4.72 Å². The summed E-state index contributed by atoms with van der Waals surface area (Å²) in [5.74, 6) is 0.986. The number of nitrogens with zero attached hydrogens (tertiary/aromatic N) is 2. The van der Waals surface area contributed by atoms with Crippen molar-refractivity contribution >= 4 is 15.9 Å². The Morgan fingerprint density at radius 3 is 2.58 bits per heavy atom. The predicted molar refractivity (Wildman–Crippen MR) is 77.6 cm³/mol. The van der Waals surface area contributed by atoms with E-state index in [-0.39, 0.29) is 12.1 Å². The SMILES string of the molecule is CC1=N[C@@H](C)C(C)=C2C[C@H](NS(=O)(=O)C(C)C)CN12. The van der Waals surface area contributed by atoms with Gasteiger partial charge in [0.2, 0.25) is 10.0 Å². The van der Waals surface area contributed by atoms with Gasteiger partial charge >= 0.3 is 0 Å². The van der Waals surface area contributed by atoms with E-state index < -0.39 is 15.3 Å². The van der Waals surface area contributed by atoms with Crippen molar-refractivity contribution in [3.8, 4) is 0 Å². The highest BCUT2D eigenvalue weighted by atomic mass is 32.2. The second-order valence-electron chi connectivity index (χ2n) is 5.71. The van der Waals surface area contributed by atoms with Gasteiger partial charge in [-0.1, -0.05) is 0 Å². The standard InChI is InChI=1S/C13H23N3O2S/c1-8(2)19(17,18)15-12-6-13-9(3)10(4)14-11(5)16(13)7-12/h8,10,12,15H,6-7H2,1-5H3/t10-,12-/m0/s1. The van der Waals surface area contributed by atoms with E-state index in [2.05, 4.69) is 28.5 Å². The third kappa shape index (κ3) is 2.69. The van der Waals surface area contributed by atoms with Crippen molar-refractivity contribution in [1.29, 1.82) is 0 Å². The maximum Gasteiger partial charge on any atom is 0.214 e. The molecule has 0 aliphatic carbocycles. The Kier molecular flexibility index (Phi) is 3.75. The third-order valence-corrected chi connectivity index (χ3v) is 5.88. The molecular formula is C13H23N3O2S. The van der Waals surface area contributed by atoms with E-state index >= 15 is 0 Å².